The molecule has 2 saturated heterocycles. The minimum Gasteiger partial charge on any atom is -0.349 e. The molecule has 3 atom stereocenters. The fraction of sp³-hybridized carbons (Fsp3) is 0.550. The maximum atomic E-state index is 13.7. The number of nitrogens with zero attached hydrogens (tertiary/aromatic N) is 2. The van der Waals surface area contributed by atoms with Crippen molar-refractivity contribution in [3.05, 3.63) is 35.8 Å². The molecule has 0 radical (unpaired) electrons. The van der Waals surface area contributed by atoms with Crippen LogP contribution in [0.4, 0.5) is 13.2 Å². The van der Waals surface area contributed by atoms with E-state index in [0.29, 0.717) is 23.0 Å². The first-order valence-electron chi connectivity index (χ1n) is 9.51. The molecular weight excluding hydrogens is 355 g/mol. The molecule has 1 N–H and O–H groups in total. The van der Waals surface area contributed by atoms with Crippen LogP contribution in [0, 0.1) is 5.82 Å². The second-order valence-corrected chi connectivity index (χ2v) is 7.79. The van der Waals surface area contributed by atoms with Gasteiger partial charge >= 0.3 is 0 Å². The van der Waals surface area contributed by atoms with Crippen LogP contribution in [0.15, 0.2) is 24.4 Å². The molecule has 146 valence electrons. The average Bonchev–Trinajstić information content (AvgIpc) is 2.93. The molecule has 4 nitrogen and oxygen atoms in total. The van der Waals surface area contributed by atoms with Gasteiger partial charge in [-0.15, -0.1) is 0 Å². The van der Waals surface area contributed by atoms with Gasteiger partial charge in [-0.05, 0) is 50.9 Å². The molecule has 3 heterocycles. The molecule has 1 amide bonds. The molecular formula is C20H24F3N3O. The minimum atomic E-state index is -2.55. The number of benzene rings is 1. The highest BCUT2D eigenvalue weighted by Gasteiger charge is 2.36. The molecule has 0 saturated carbocycles. The number of fused-ring (bicyclic) bond motifs is 3. The van der Waals surface area contributed by atoms with Gasteiger partial charge < -0.3 is 14.8 Å². The quantitative estimate of drug-likeness (QED) is 0.878. The van der Waals surface area contributed by atoms with Crippen molar-refractivity contribution in [1.29, 1.82) is 0 Å². The number of carbonyl (C=O) groups excluding carboxylic acids is 1. The van der Waals surface area contributed by atoms with Crippen molar-refractivity contribution in [2.75, 3.05) is 7.05 Å². The number of amides is 1. The van der Waals surface area contributed by atoms with Gasteiger partial charge in [0.05, 0.1) is 12.1 Å². The normalized spacial score (nSPS) is 25.9. The average molecular weight is 379 g/mol. The molecule has 2 aliphatic heterocycles. The fourth-order valence-corrected chi connectivity index (χ4v) is 4.75. The van der Waals surface area contributed by atoms with Crippen molar-refractivity contribution >= 4 is 16.8 Å². The standard InChI is InChI=1S/C20H24F3N3O/c1-25-14-3-2-4-15(25)9-13(8-14)24-20(27)17-10-26(11-19(22)23)18-6-5-12(21)7-16(17)18/h5-7,10,13-15,19H,2-4,8-9,11H2,1H3,(H,24,27)/t13-,14+,15-. The molecule has 0 unspecified atom stereocenters. The largest absolute Gasteiger partial charge is 0.349 e. The van der Waals surface area contributed by atoms with Crippen LogP contribution in [-0.2, 0) is 6.54 Å². The zero-order chi connectivity index (χ0) is 19.1. The maximum Gasteiger partial charge on any atom is 0.256 e. The number of piperidine rings is 2. The van der Waals surface area contributed by atoms with Gasteiger partial charge in [0, 0.05) is 35.2 Å². The molecule has 1 aromatic heterocycles. The molecule has 0 spiro atoms. The first-order chi connectivity index (χ1) is 12.9. The number of nitrogens with one attached hydrogen (secondary N) is 1. The number of halogens is 3. The molecule has 4 rings (SSSR count). The van der Waals surface area contributed by atoms with E-state index in [1.54, 1.807) is 0 Å². The van der Waals surface area contributed by atoms with E-state index in [2.05, 4.69) is 17.3 Å². The zero-order valence-electron chi connectivity index (χ0n) is 15.3. The summed E-state index contributed by atoms with van der Waals surface area (Å²) in [6.07, 6.45) is 4.15. The summed E-state index contributed by atoms with van der Waals surface area (Å²) < 4.78 is 40.8. The van der Waals surface area contributed by atoms with E-state index in [4.69, 9.17) is 0 Å². The Labute approximate surface area is 156 Å². The Kier molecular flexibility index (Phi) is 4.88. The van der Waals surface area contributed by atoms with Gasteiger partial charge in [0.25, 0.3) is 12.3 Å². The summed E-state index contributed by atoms with van der Waals surface area (Å²) in [6.45, 7) is -0.520. The third kappa shape index (κ3) is 3.57. The van der Waals surface area contributed by atoms with Gasteiger partial charge in [-0.25, -0.2) is 13.2 Å². The summed E-state index contributed by atoms with van der Waals surface area (Å²) in [7, 11) is 2.15. The first kappa shape index (κ1) is 18.3. The Morgan fingerprint density at radius 2 is 1.96 bits per heavy atom. The minimum absolute atomic E-state index is 0.0612. The van der Waals surface area contributed by atoms with E-state index in [1.807, 2.05) is 0 Å². The van der Waals surface area contributed by atoms with E-state index in [1.165, 1.54) is 35.4 Å². The van der Waals surface area contributed by atoms with E-state index < -0.39 is 18.8 Å². The molecule has 27 heavy (non-hydrogen) atoms. The number of alkyl halides is 2. The summed E-state index contributed by atoms with van der Waals surface area (Å²) in [4.78, 5) is 15.3. The topological polar surface area (TPSA) is 37.3 Å². The number of aromatic nitrogens is 1. The van der Waals surface area contributed by atoms with Crippen LogP contribution in [0.1, 0.15) is 42.5 Å². The lowest BCUT2D eigenvalue weighted by atomic mass is 9.82. The fourth-order valence-electron chi connectivity index (χ4n) is 4.75. The van der Waals surface area contributed by atoms with Crippen LogP contribution < -0.4 is 5.32 Å². The van der Waals surface area contributed by atoms with Gasteiger partial charge in [0.15, 0.2) is 0 Å². The highest BCUT2D eigenvalue weighted by molar-refractivity contribution is 6.07. The Morgan fingerprint density at radius 1 is 1.26 bits per heavy atom. The van der Waals surface area contributed by atoms with Crippen LogP contribution in [0.25, 0.3) is 10.9 Å². The molecule has 2 bridgehead atoms. The number of carbonyl (C=O) groups is 1. The molecule has 2 aliphatic rings. The van der Waals surface area contributed by atoms with Gasteiger partial charge in [0.1, 0.15) is 5.82 Å². The van der Waals surface area contributed by atoms with E-state index in [9.17, 15) is 18.0 Å². The Morgan fingerprint density at radius 3 is 2.63 bits per heavy atom. The predicted octanol–water partition coefficient (Wildman–Crippen LogP) is 3.79. The third-order valence-corrected chi connectivity index (χ3v) is 6.10. The van der Waals surface area contributed by atoms with Crippen molar-refractivity contribution in [3.8, 4) is 0 Å². The van der Waals surface area contributed by atoms with Crippen molar-refractivity contribution in [2.24, 2.45) is 0 Å². The Hall–Kier alpha value is -2.02. The van der Waals surface area contributed by atoms with E-state index in [-0.39, 0.29) is 17.5 Å². The summed E-state index contributed by atoms with van der Waals surface area (Å²) in [5.41, 5.74) is 0.705. The van der Waals surface area contributed by atoms with E-state index in [0.717, 1.165) is 25.7 Å². The SMILES string of the molecule is CN1[C@@H]2CCC[C@H]1C[C@@H](NC(=O)c1cn(CC(F)F)c3ccc(F)cc13)C2. The van der Waals surface area contributed by atoms with Crippen LogP contribution in [-0.4, -0.2) is 47.0 Å². The summed E-state index contributed by atoms with van der Waals surface area (Å²) in [5.74, 6) is -0.800. The number of hydrogen-bond donors (Lipinski definition) is 1. The second-order valence-electron chi connectivity index (χ2n) is 7.79. The van der Waals surface area contributed by atoms with Crippen LogP contribution >= 0.6 is 0 Å². The second kappa shape index (κ2) is 7.19. The van der Waals surface area contributed by atoms with E-state index >= 15 is 0 Å². The maximum absolute atomic E-state index is 13.7. The predicted molar refractivity (Wildman–Crippen MR) is 97.6 cm³/mol. The number of rotatable bonds is 4. The van der Waals surface area contributed by atoms with Gasteiger partial charge in [0.2, 0.25) is 0 Å². The highest BCUT2D eigenvalue weighted by Crippen LogP contribution is 2.33. The van der Waals surface area contributed by atoms with Crippen LogP contribution in [0.2, 0.25) is 0 Å². The molecule has 2 aromatic rings. The van der Waals surface area contributed by atoms with Crippen molar-refractivity contribution in [1.82, 2.24) is 14.8 Å². The van der Waals surface area contributed by atoms with Crippen LogP contribution in [0.3, 0.4) is 0 Å². The summed E-state index contributed by atoms with van der Waals surface area (Å²) >= 11 is 0. The molecule has 2 fully saturated rings. The lowest BCUT2D eigenvalue weighted by Crippen LogP contribution is -2.55. The van der Waals surface area contributed by atoms with Crippen molar-refractivity contribution < 1.29 is 18.0 Å². The highest BCUT2D eigenvalue weighted by atomic mass is 19.3. The molecule has 1 aromatic carbocycles. The van der Waals surface area contributed by atoms with Crippen molar-refractivity contribution in [3.63, 3.8) is 0 Å². The monoisotopic (exact) mass is 379 g/mol. The lowest BCUT2D eigenvalue weighted by Gasteiger charge is -2.47. The first-order valence-corrected chi connectivity index (χ1v) is 9.51. The number of hydrogen-bond acceptors (Lipinski definition) is 2. The van der Waals surface area contributed by atoms with Gasteiger partial charge in [-0.3, -0.25) is 4.79 Å². The molecule has 7 heteroatoms. The summed E-state index contributed by atoms with van der Waals surface area (Å²) in [5, 5.41) is 3.45. The molecule has 0 aliphatic carbocycles. The van der Waals surface area contributed by atoms with Crippen molar-refractivity contribution in [2.45, 2.75) is 63.2 Å². The van der Waals surface area contributed by atoms with Gasteiger partial charge in [-0.1, -0.05) is 6.42 Å². The Bertz CT molecular complexity index is 836. The third-order valence-electron chi connectivity index (χ3n) is 6.10. The van der Waals surface area contributed by atoms with Crippen LogP contribution in [0.5, 0.6) is 0 Å². The Balaban J connectivity index is 1.58. The smallest absolute Gasteiger partial charge is 0.256 e. The zero-order valence-corrected chi connectivity index (χ0v) is 15.3. The van der Waals surface area contributed by atoms with Gasteiger partial charge in [-0.2, -0.15) is 0 Å². The lowest BCUT2D eigenvalue weighted by molar-refractivity contribution is 0.0463. The summed E-state index contributed by atoms with van der Waals surface area (Å²) in [6, 6.07) is 4.93.